The van der Waals surface area contributed by atoms with E-state index in [1.54, 1.807) is 37.3 Å². The van der Waals surface area contributed by atoms with Gasteiger partial charge >= 0.3 is 0 Å². The van der Waals surface area contributed by atoms with E-state index in [-0.39, 0.29) is 29.0 Å². The monoisotopic (exact) mass is 663 g/mol. The van der Waals surface area contributed by atoms with Crippen LogP contribution in [0.5, 0.6) is 11.5 Å². The van der Waals surface area contributed by atoms with Crippen LogP contribution < -0.4 is 19.1 Å². The quantitative estimate of drug-likeness (QED) is 0.240. The largest absolute Gasteiger partial charge is 0.493 e. The highest BCUT2D eigenvalue weighted by atomic mass is 35.5. The molecule has 0 heterocycles. The van der Waals surface area contributed by atoms with Gasteiger partial charge in [-0.25, -0.2) is 8.42 Å². The number of carbonyl (C=O) groups is 2. The van der Waals surface area contributed by atoms with Gasteiger partial charge in [0.25, 0.3) is 10.0 Å². The lowest BCUT2D eigenvalue weighted by Gasteiger charge is -2.32. The molecule has 0 radical (unpaired) electrons. The van der Waals surface area contributed by atoms with Crippen LogP contribution in [-0.2, 0) is 26.2 Å². The maximum absolute atomic E-state index is 14.3. The van der Waals surface area contributed by atoms with E-state index in [0.717, 1.165) is 15.4 Å². The second kappa shape index (κ2) is 15.0. The number of halogens is 2. The number of nitrogens with zero attached hydrogens (tertiary/aromatic N) is 2. The van der Waals surface area contributed by atoms with Crippen LogP contribution in [0.15, 0.2) is 59.5 Å². The molecule has 0 aliphatic carbocycles. The fourth-order valence-corrected chi connectivity index (χ4v) is 6.33. The molecule has 0 spiro atoms. The average molecular weight is 665 g/mol. The molecule has 1 atom stereocenters. The molecule has 44 heavy (non-hydrogen) atoms. The van der Waals surface area contributed by atoms with E-state index in [1.807, 2.05) is 33.8 Å². The summed E-state index contributed by atoms with van der Waals surface area (Å²) in [5.74, 6) is -0.192. The molecule has 0 fully saturated rings. The summed E-state index contributed by atoms with van der Waals surface area (Å²) in [7, 11) is -1.45. The minimum absolute atomic E-state index is 0.0108. The van der Waals surface area contributed by atoms with Crippen LogP contribution in [0.25, 0.3) is 0 Å². The Morgan fingerprint density at radius 2 is 1.50 bits per heavy atom. The molecule has 0 aromatic heterocycles. The lowest BCUT2D eigenvalue weighted by atomic mass is 10.1. The molecule has 2 amide bonds. The molecule has 0 unspecified atom stereocenters. The number of sulfonamides is 1. The zero-order valence-corrected chi connectivity index (χ0v) is 28.3. The van der Waals surface area contributed by atoms with Crippen LogP contribution >= 0.6 is 23.2 Å². The number of carbonyl (C=O) groups excluding carboxylic acids is 2. The van der Waals surface area contributed by atoms with Gasteiger partial charge in [0.1, 0.15) is 12.6 Å². The van der Waals surface area contributed by atoms with E-state index in [2.05, 4.69) is 5.32 Å². The summed E-state index contributed by atoms with van der Waals surface area (Å²) in [5, 5.41) is 3.50. The maximum Gasteiger partial charge on any atom is 0.264 e. The van der Waals surface area contributed by atoms with Gasteiger partial charge in [-0.1, -0.05) is 49.2 Å². The molecule has 0 bridgehead atoms. The highest BCUT2D eigenvalue weighted by Gasteiger charge is 2.33. The van der Waals surface area contributed by atoms with Gasteiger partial charge in [0.2, 0.25) is 11.8 Å². The smallest absolute Gasteiger partial charge is 0.264 e. The standard InChI is InChI=1S/C32H39Cl2N3O6S/c1-20(2)17-35-32(39)23(5)36(18-24-8-10-27(33)28(34)15-24)31(38)19-37(25-13-21(3)12-22(4)14-25)44(40,41)26-9-11-29(42-6)30(16-26)43-7/h8-16,20,23H,17-19H2,1-7H3,(H,35,39)/t23-/m0/s1. The number of hydrogen-bond acceptors (Lipinski definition) is 6. The second-order valence-corrected chi connectivity index (χ2v) is 13.6. The predicted octanol–water partition coefficient (Wildman–Crippen LogP) is 6.01. The molecule has 3 aromatic carbocycles. The molecule has 238 valence electrons. The number of benzene rings is 3. The Bertz CT molecular complexity index is 1590. The first-order valence-electron chi connectivity index (χ1n) is 14.0. The van der Waals surface area contributed by atoms with Gasteiger partial charge in [-0.05, 0) is 79.8 Å². The molecule has 0 saturated carbocycles. The van der Waals surface area contributed by atoms with Crippen molar-refractivity contribution in [3.63, 3.8) is 0 Å². The van der Waals surface area contributed by atoms with Crippen LogP contribution in [0.1, 0.15) is 37.5 Å². The van der Waals surface area contributed by atoms with Crippen LogP contribution in [0, 0.1) is 19.8 Å². The number of ether oxygens (including phenoxy) is 2. The zero-order valence-electron chi connectivity index (χ0n) is 26.0. The number of anilines is 1. The summed E-state index contributed by atoms with van der Waals surface area (Å²) in [4.78, 5) is 28.6. The Balaban J connectivity index is 2.11. The minimum atomic E-state index is -4.32. The fourth-order valence-electron chi connectivity index (χ4n) is 4.60. The fraction of sp³-hybridized carbons (Fsp3) is 0.375. The molecular weight excluding hydrogens is 625 g/mol. The Labute approximate surface area is 270 Å². The Kier molecular flexibility index (Phi) is 11.9. The van der Waals surface area contributed by atoms with Crippen molar-refractivity contribution >= 4 is 50.7 Å². The van der Waals surface area contributed by atoms with Crippen molar-refractivity contribution in [2.45, 2.75) is 52.1 Å². The number of hydrogen-bond donors (Lipinski definition) is 1. The van der Waals surface area contributed by atoms with Crippen LogP contribution in [0.4, 0.5) is 5.69 Å². The molecule has 3 rings (SSSR count). The number of amides is 2. The van der Waals surface area contributed by atoms with Crippen molar-refractivity contribution in [3.05, 3.63) is 81.3 Å². The van der Waals surface area contributed by atoms with E-state index < -0.39 is 28.5 Å². The van der Waals surface area contributed by atoms with Crippen molar-refractivity contribution < 1.29 is 27.5 Å². The van der Waals surface area contributed by atoms with Crippen molar-refractivity contribution in [1.29, 1.82) is 0 Å². The summed E-state index contributed by atoms with van der Waals surface area (Å²) in [6.45, 7) is 9.05. The molecule has 0 aliphatic heterocycles. The van der Waals surface area contributed by atoms with Crippen molar-refractivity contribution in [3.8, 4) is 11.5 Å². The third-order valence-corrected chi connectivity index (χ3v) is 9.41. The summed E-state index contributed by atoms with van der Waals surface area (Å²) in [6.07, 6.45) is 0. The van der Waals surface area contributed by atoms with Crippen molar-refractivity contribution in [1.82, 2.24) is 10.2 Å². The van der Waals surface area contributed by atoms with Gasteiger partial charge in [-0.15, -0.1) is 0 Å². The number of nitrogens with one attached hydrogen (secondary N) is 1. The first-order valence-corrected chi connectivity index (χ1v) is 16.2. The van der Waals surface area contributed by atoms with E-state index in [0.29, 0.717) is 33.6 Å². The van der Waals surface area contributed by atoms with Gasteiger partial charge < -0.3 is 19.7 Å². The maximum atomic E-state index is 14.3. The minimum Gasteiger partial charge on any atom is -0.493 e. The normalized spacial score (nSPS) is 12.0. The van der Waals surface area contributed by atoms with E-state index in [4.69, 9.17) is 32.7 Å². The molecule has 1 N–H and O–H groups in total. The first kappa shape index (κ1) is 35.0. The topological polar surface area (TPSA) is 105 Å². The third-order valence-electron chi connectivity index (χ3n) is 6.91. The van der Waals surface area contributed by atoms with E-state index >= 15 is 0 Å². The molecule has 9 nitrogen and oxygen atoms in total. The van der Waals surface area contributed by atoms with E-state index in [9.17, 15) is 18.0 Å². The van der Waals surface area contributed by atoms with Crippen LogP contribution in [-0.4, -0.2) is 58.5 Å². The summed E-state index contributed by atoms with van der Waals surface area (Å²) >= 11 is 12.4. The lowest BCUT2D eigenvalue weighted by molar-refractivity contribution is -0.139. The highest BCUT2D eigenvalue weighted by Crippen LogP contribution is 2.33. The molecule has 0 saturated heterocycles. The first-order chi connectivity index (χ1) is 20.7. The Hall–Kier alpha value is -3.47. The number of rotatable bonds is 13. The molecule has 0 aliphatic rings. The van der Waals surface area contributed by atoms with Gasteiger partial charge in [-0.2, -0.15) is 0 Å². The van der Waals surface area contributed by atoms with Crippen LogP contribution in [0.2, 0.25) is 10.0 Å². The molecule has 12 heteroatoms. The van der Waals surface area contributed by atoms with Crippen molar-refractivity contribution in [2.24, 2.45) is 5.92 Å². The van der Waals surface area contributed by atoms with Gasteiger partial charge in [0.05, 0.1) is 34.8 Å². The van der Waals surface area contributed by atoms with Gasteiger partial charge in [0, 0.05) is 19.2 Å². The van der Waals surface area contributed by atoms with Gasteiger partial charge in [0.15, 0.2) is 11.5 Å². The zero-order chi connectivity index (χ0) is 32.8. The van der Waals surface area contributed by atoms with Gasteiger partial charge in [-0.3, -0.25) is 13.9 Å². The SMILES string of the molecule is COc1ccc(S(=O)(=O)N(CC(=O)N(Cc2ccc(Cl)c(Cl)c2)[C@@H](C)C(=O)NCC(C)C)c2cc(C)cc(C)c2)cc1OC. The highest BCUT2D eigenvalue weighted by molar-refractivity contribution is 7.92. The third kappa shape index (κ3) is 8.58. The summed E-state index contributed by atoms with van der Waals surface area (Å²) in [5.41, 5.74) is 2.55. The summed E-state index contributed by atoms with van der Waals surface area (Å²) in [6, 6.07) is 13.5. The predicted molar refractivity (Wildman–Crippen MR) is 174 cm³/mol. The molecule has 3 aromatic rings. The number of aryl methyl sites for hydroxylation is 2. The van der Waals surface area contributed by atoms with E-state index in [1.165, 1.54) is 37.3 Å². The lowest BCUT2D eigenvalue weighted by Crippen LogP contribution is -2.51. The molecular formula is C32H39Cl2N3O6S. The van der Waals surface area contributed by atoms with Crippen LogP contribution in [0.3, 0.4) is 0 Å². The van der Waals surface area contributed by atoms with Crippen molar-refractivity contribution in [2.75, 3.05) is 31.6 Å². The second-order valence-electron chi connectivity index (χ2n) is 11.0. The summed E-state index contributed by atoms with van der Waals surface area (Å²) < 4.78 is 40.2. The Morgan fingerprint density at radius 1 is 0.864 bits per heavy atom. The number of methoxy groups -OCH3 is 2. The Morgan fingerprint density at radius 3 is 2.07 bits per heavy atom. The average Bonchev–Trinajstić information content (AvgIpc) is 2.97.